The molecule has 1 atom stereocenters. The first-order chi connectivity index (χ1) is 13.2. The van der Waals surface area contributed by atoms with Crippen molar-refractivity contribution in [3.8, 4) is 0 Å². The minimum Gasteiger partial charge on any atom is -0.412 e. The maximum Gasteiger partial charge on any atom is -0.412 e. The largest absolute Gasteiger partial charge is 0.412 e. The predicted molar refractivity (Wildman–Crippen MR) is 112 cm³/mol. The fourth-order valence-corrected chi connectivity index (χ4v) is 6.70. The van der Waals surface area contributed by atoms with Crippen LogP contribution in [0.25, 0.3) is 21.8 Å². The van der Waals surface area contributed by atoms with Gasteiger partial charge in [0.2, 0.25) is 0 Å². The van der Waals surface area contributed by atoms with E-state index in [1.807, 2.05) is 24.3 Å². The van der Waals surface area contributed by atoms with Crippen molar-refractivity contribution in [3.05, 3.63) is 46.4 Å². The second-order valence-corrected chi connectivity index (χ2v) is 10.5. The van der Waals surface area contributed by atoms with Gasteiger partial charge in [-0.05, 0) is 0 Å². The molecule has 3 aliphatic heterocycles. The number of nitrogens with zero attached hydrogens (tertiary/aromatic N) is 2. The van der Waals surface area contributed by atoms with Gasteiger partial charge in [0.15, 0.2) is 0 Å². The van der Waals surface area contributed by atoms with E-state index in [1.54, 1.807) is 0 Å². The first-order valence-electron chi connectivity index (χ1n) is 9.06. The second-order valence-electron chi connectivity index (χ2n) is 6.92. The Kier molecular flexibility index (Phi) is 6.20. The Morgan fingerprint density at radius 3 is 2.07 bits per heavy atom. The summed E-state index contributed by atoms with van der Waals surface area (Å²) in [4.78, 5) is 2.36. The topological polar surface area (TPSA) is 67.4 Å². The molecule has 2 N–H and O–H groups in total. The van der Waals surface area contributed by atoms with Gasteiger partial charge in [-0.3, -0.25) is 0 Å². The van der Waals surface area contributed by atoms with E-state index in [0.717, 1.165) is 58.0 Å². The molecule has 4 heterocycles. The third-order valence-corrected chi connectivity index (χ3v) is 8.57. The Morgan fingerprint density at radius 2 is 1.50 bits per heavy atom. The fourth-order valence-electron chi connectivity index (χ4n) is 3.93. The normalized spacial score (nSPS) is 23.4. The van der Waals surface area contributed by atoms with E-state index < -0.39 is 15.4 Å². The van der Waals surface area contributed by atoms with Crippen LogP contribution in [-0.4, -0.2) is 69.3 Å². The molecule has 28 heavy (non-hydrogen) atoms. The van der Waals surface area contributed by atoms with Crippen LogP contribution in [0.3, 0.4) is 0 Å². The molecule has 1 radical (unpaired) electrons. The van der Waals surface area contributed by atoms with Crippen LogP contribution in [0.5, 0.6) is 0 Å². The second kappa shape index (κ2) is 8.49. The number of rotatable bonds is 2. The molecule has 1 aromatic heterocycles. The Bertz CT molecular complexity index is 916. The summed E-state index contributed by atoms with van der Waals surface area (Å²) >= 11 is 10.2. The van der Waals surface area contributed by atoms with Crippen LogP contribution in [-0.2, 0) is 17.8 Å². The Hall–Kier alpha value is -0.837. The average Bonchev–Trinajstić information content (AvgIpc) is 2.88. The van der Waals surface area contributed by atoms with Crippen molar-refractivity contribution >= 4 is 60.4 Å². The van der Waals surface area contributed by atoms with Gasteiger partial charge in [-0.2, -0.15) is 0 Å². The van der Waals surface area contributed by atoms with Gasteiger partial charge >= 0.3 is 173 Å². The van der Waals surface area contributed by atoms with Crippen LogP contribution in [0, 0.1) is 0 Å². The minimum absolute atomic E-state index is 0. The summed E-state index contributed by atoms with van der Waals surface area (Å²) in [5, 5.41) is 3.66. The number of hydrogen-bond acceptors (Lipinski definition) is 4. The molecule has 3 fully saturated rings. The van der Waals surface area contributed by atoms with Crippen molar-refractivity contribution in [1.82, 2.24) is 9.47 Å². The van der Waals surface area contributed by atoms with Crippen LogP contribution in [0.4, 0.5) is 0 Å². The summed E-state index contributed by atoms with van der Waals surface area (Å²) < 4.78 is 20.3. The molecule has 0 aliphatic carbocycles. The molecule has 3 saturated heterocycles. The van der Waals surface area contributed by atoms with E-state index in [0.29, 0.717) is 13.2 Å². The van der Waals surface area contributed by atoms with Gasteiger partial charge in [-0.1, -0.05) is 0 Å². The summed E-state index contributed by atoms with van der Waals surface area (Å²) in [5.41, 5.74) is 2.27. The quantitative estimate of drug-likeness (QED) is 0.524. The van der Waals surface area contributed by atoms with E-state index in [9.17, 15) is 0 Å². The molecular formula is C19H21Cl2GeN2O4. The molecule has 2 aromatic carbocycles. The molecule has 1 unspecified atom stereocenters. The van der Waals surface area contributed by atoms with E-state index >= 15 is 0 Å². The van der Waals surface area contributed by atoms with Crippen molar-refractivity contribution in [3.63, 3.8) is 0 Å². The molecule has 3 aromatic rings. The van der Waals surface area contributed by atoms with E-state index in [4.69, 9.17) is 34.5 Å². The van der Waals surface area contributed by atoms with Crippen LogP contribution >= 0.6 is 23.2 Å². The smallest absolute Gasteiger partial charge is 0.412 e. The molecule has 9 heteroatoms. The molecule has 0 spiro atoms. The third-order valence-electron chi connectivity index (χ3n) is 5.15. The van der Waals surface area contributed by atoms with E-state index in [1.165, 1.54) is 0 Å². The maximum absolute atomic E-state index is 6.29. The number of hydrogen-bond donors (Lipinski definition) is 0. The Morgan fingerprint density at radius 1 is 0.929 bits per heavy atom. The zero-order valence-corrected chi connectivity index (χ0v) is 18.8. The first kappa shape index (κ1) is 20.4. The summed E-state index contributed by atoms with van der Waals surface area (Å²) in [6, 6.07) is 12.0. The van der Waals surface area contributed by atoms with Gasteiger partial charge in [-0.15, -0.1) is 0 Å². The first-order valence-corrected chi connectivity index (χ1v) is 12.4. The van der Waals surface area contributed by atoms with Crippen molar-refractivity contribution < 1.29 is 16.8 Å². The van der Waals surface area contributed by atoms with Crippen molar-refractivity contribution in [1.29, 1.82) is 0 Å². The molecule has 0 saturated carbocycles. The van der Waals surface area contributed by atoms with Gasteiger partial charge < -0.3 is 5.48 Å². The molecule has 6 rings (SSSR count). The van der Waals surface area contributed by atoms with E-state index in [-0.39, 0.29) is 11.6 Å². The van der Waals surface area contributed by atoms with Crippen molar-refractivity contribution in [2.75, 3.05) is 32.8 Å². The summed E-state index contributed by atoms with van der Waals surface area (Å²) in [7, 11) is 0. The Labute approximate surface area is 178 Å². The SMILES string of the molecule is Clc1ccc2c(c1)c1cc(Cl)ccc1n2CC1CN2CC[O][Ge]([O]CC2)[O]1.O. The van der Waals surface area contributed by atoms with Gasteiger partial charge in [0.05, 0.1) is 0 Å². The van der Waals surface area contributed by atoms with Crippen LogP contribution < -0.4 is 0 Å². The summed E-state index contributed by atoms with van der Waals surface area (Å²) in [5.74, 6) is 0. The summed E-state index contributed by atoms with van der Waals surface area (Å²) in [6.45, 7) is 4.92. The van der Waals surface area contributed by atoms with Gasteiger partial charge in [0.25, 0.3) is 0 Å². The fraction of sp³-hybridized carbons (Fsp3) is 0.368. The number of fused-ring (bicyclic) bond motifs is 9. The third kappa shape index (κ3) is 3.93. The van der Waals surface area contributed by atoms with Crippen molar-refractivity contribution in [2.24, 2.45) is 0 Å². The number of benzene rings is 2. The molecular weight excluding hydrogens is 464 g/mol. The van der Waals surface area contributed by atoms with Crippen LogP contribution in [0.15, 0.2) is 36.4 Å². The number of halogens is 2. The van der Waals surface area contributed by atoms with E-state index in [2.05, 4.69) is 21.6 Å². The molecule has 3 aliphatic rings. The average molecular weight is 485 g/mol. The molecule has 6 nitrogen and oxygen atoms in total. The van der Waals surface area contributed by atoms with Crippen molar-refractivity contribution in [2.45, 2.75) is 12.6 Å². The van der Waals surface area contributed by atoms with Crippen LogP contribution in [0.2, 0.25) is 10.0 Å². The predicted octanol–water partition coefficient (Wildman–Crippen LogP) is 3.01. The van der Waals surface area contributed by atoms with Crippen LogP contribution in [0.1, 0.15) is 0 Å². The zero-order chi connectivity index (χ0) is 18.4. The standard InChI is InChI=1S/C19H19Cl2GeN2O3.H2O/c20-13-1-3-18-16(9-13)17-10-14(21)2-4-19(17)24(18)12-15-11-23-5-7-25-22(27-15)26-8-6-23;/h1-4,9-10,15H,5-8,11-12H2;1H2. The maximum atomic E-state index is 6.29. The van der Waals surface area contributed by atoms with Gasteiger partial charge in [0, 0.05) is 0 Å². The van der Waals surface area contributed by atoms with Gasteiger partial charge in [-0.25, -0.2) is 0 Å². The summed E-state index contributed by atoms with van der Waals surface area (Å²) in [6.07, 6.45) is 0.0331. The molecule has 0 amide bonds. The number of aromatic nitrogens is 1. The molecule has 149 valence electrons. The minimum atomic E-state index is -2.36. The Balaban J connectivity index is 0.00000192. The zero-order valence-electron chi connectivity index (χ0n) is 15.2. The van der Waals surface area contributed by atoms with Gasteiger partial charge in [0.1, 0.15) is 0 Å². The monoisotopic (exact) mass is 485 g/mol. The molecule has 2 bridgehead atoms.